The highest BCUT2D eigenvalue weighted by Gasteiger charge is 2.05. The van der Waals surface area contributed by atoms with Crippen LogP contribution in [0.15, 0.2) is 12.1 Å². The Morgan fingerprint density at radius 2 is 1.88 bits per heavy atom. The summed E-state index contributed by atoms with van der Waals surface area (Å²) in [5, 5.41) is 3.51. The van der Waals surface area contributed by atoms with E-state index in [-0.39, 0.29) is 0 Å². The van der Waals surface area contributed by atoms with Crippen molar-refractivity contribution in [1.29, 1.82) is 0 Å². The normalized spacial score (nSPS) is 12.8. The van der Waals surface area contributed by atoms with Crippen molar-refractivity contribution >= 4 is 0 Å². The quantitative estimate of drug-likeness (QED) is 0.794. The first-order chi connectivity index (χ1) is 8.10. The van der Waals surface area contributed by atoms with E-state index in [1.165, 1.54) is 22.3 Å². The van der Waals surface area contributed by atoms with Crippen LogP contribution in [0.1, 0.15) is 35.6 Å². The smallest absolute Gasteiger partial charge is 0.0208 e. The lowest BCUT2D eigenvalue weighted by atomic mass is 9.98. The van der Waals surface area contributed by atoms with Gasteiger partial charge in [0.15, 0.2) is 0 Å². The second-order valence-electron chi connectivity index (χ2n) is 4.93. The summed E-state index contributed by atoms with van der Waals surface area (Å²) in [5.74, 6) is 0.599. The molecule has 2 heteroatoms. The Balaban J connectivity index is 2.55. The van der Waals surface area contributed by atoms with Crippen molar-refractivity contribution in [2.45, 2.75) is 40.7 Å². The van der Waals surface area contributed by atoms with Crippen LogP contribution < -0.4 is 11.1 Å². The first-order valence-corrected chi connectivity index (χ1v) is 6.56. The fraction of sp³-hybridized carbons (Fsp3) is 0.600. The van der Waals surface area contributed by atoms with Crippen LogP contribution in [-0.4, -0.2) is 13.1 Å². The zero-order valence-corrected chi connectivity index (χ0v) is 11.6. The third-order valence-corrected chi connectivity index (χ3v) is 3.83. The van der Waals surface area contributed by atoms with Crippen LogP contribution in [-0.2, 0) is 6.54 Å². The number of hydrogen-bond acceptors (Lipinski definition) is 2. The van der Waals surface area contributed by atoms with E-state index in [1.807, 2.05) is 0 Å². The lowest BCUT2D eigenvalue weighted by Crippen LogP contribution is -2.27. The Hall–Kier alpha value is -0.860. The summed E-state index contributed by atoms with van der Waals surface area (Å²) in [6, 6.07) is 4.44. The van der Waals surface area contributed by atoms with Crippen LogP contribution in [0, 0.1) is 26.7 Å². The van der Waals surface area contributed by atoms with Gasteiger partial charge in [0.2, 0.25) is 0 Å². The monoisotopic (exact) mass is 234 g/mol. The Labute approximate surface area is 106 Å². The van der Waals surface area contributed by atoms with Gasteiger partial charge in [0.05, 0.1) is 0 Å². The molecule has 0 aliphatic rings. The second-order valence-corrected chi connectivity index (χ2v) is 4.93. The molecular formula is C15H26N2. The van der Waals surface area contributed by atoms with Gasteiger partial charge in [0, 0.05) is 6.54 Å². The molecule has 17 heavy (non-hydrogen) atoms. The molecule has 1 rings (SSSR count). The third kappa shape index (κ3) is 3.83. The summed E-state index contributed by atoms with van der Waals surface area (Å²) in [6.45, 7) is 11.5. The largest absolute Gasteiger partial charge is 0.330 e. The summed E-state index contributed by atoms with van der Waals surface area (Å²) >= 11 is 0. The van der Waals surface area contributed by atoms with Crippen LogP contribution in [0.2, 0.25) is 0 Å². The van der Waals surface area contributed by atoms with Crippen LogP contribution in [0.5, 0.6) is 0 Å². The van der Waals surface area contributed by atoms with Crippen molar-refractivity contribution in [3.63, 3.8) is 0 Å². The molecule has 1 aromatic carbocycles. The number of benzene rings is 1. The second kappa shape index (κ2) is 6.77. The molecule has 0 bridgehead atoms. The number of rotatable bonds is 6. The molecule has 1 unspecified atom stereocenters. The minimum absolute atomic E-state index is 0.599. The van der Waals surface area contributed by atoms with Crippen LogP contribution >= 0.6 is 0 Å². The molecule has 2 nitrogen and oxygen atoms in total. The van der Waals surface area contributed by atoms with E-state index in [4.69, 9.17) is 5.73 Å². The molecule has 0 fully saturated rings. The van der Waals surface area contributed by atoms with Gasteiger partial charge in [-0.2, -0.15) is 0 Å². The van der Waals surface area contributed by atoms with E-state index < -0.39 is 0 Å². The molecule has 0 aliphatic carbocycles. The lowest BCUT2D eigenvalue weighted by molar-refractivity contribution is 0.471. The van der Waals surface area contributed by atoms with Crippen molar-refractivity contribution in [1.82, 2.24) is 5.32 Å². The number of hydrogen-bond donors (Lipinski definition) is 2. The minimum atomic E-state index is 0.599. The molecule has 0 heterocycles. The topological polar surface area (TPSA) is 38.0 Å². The first kappa shape index (κ1) is 14.2. The number of aryl methyl sites for hydroxylation is 1. The molecular weight excluding hydrogens is 208 g/mol. The van der Waals surface area contributed by atoms with Gasteiger partial charge in [-0.25, -0.2) is 0 Å². The fourth-order valence-corrected chi connectivity index (χ4v) is 2.01. The Morgan fingerprint density at radius 3 is 2.47 bits per heavy atom. The highest BCUT2D eigenvalue weighted by Crippen LogP contribution is 2.16. The van der Waals surface area contributed by atoms with Gasteiger partial charge in [-0.15, -0.1) is 0 Å². The van der Waals surface area contributed by atoms with E-state index in [2.05, 4.69) is 45.1 Å². The highest BCUT2D eigenvalue weighted by atomic mass is 14.9. The molecule has 3 N–H and O–H groups in total. The Bertz CT molecular complexity index is 354. The molecule has 1 atom stereocenters. The molecule has 96 valence electrons. The van der Waals surface area contributed by atoms with Crippen molar-refractivity contribution < 1.29 is 0 Å². The summed E-state index contributed by atoms with van der Waals surface area (Å²) in [6.07, 6.45) is 1.15. The predicted octanol–water partition coefficient (Wildman–Crippen LogP) is 2.69. The lowest BCUT2D eigenvalue weighted by Gasteiger charge is -2.15. The van der Waals surface area contributed by atoms with Gasteiger partial charge in [-0.3, -0.25) is 0 Å². The first-order valence-electron chi connectivity index (χ1n) is 6.56. The maximum absolute atomic E-state index is 5.70. The average molecular weight is 234 g/mol. The van der Waals surface area contributed by atoms with Gasteiger partial charge < -0.3 is 11.1 Å². The van der Waals surface area contributed by atoms with Crippen molar-refractivity contribution in [2.24, 2.45) is 11.7 Å². The molecule has 0 saturated carbocycles. The molecule has 0 aliphatic heterocycles. The average Bonchev–Trinajstić information content (AvgIpc) is 2.34. The highest BCUT2D eigenvalue weighted by molar-refractivity contribution is 5.38. The molecule has 0 saturated heterocycles. The van der Waals surface area contributed by atoms with E-state index in [0.29, 0.717) is 5.92 Å². The van der Waals surface area contributed by atoms with Crippen LogP contribution in [0.4, 0.5) is 0 Å². The maximum Gasteiger partial charge on any atom is 0.0208 e. The summed E-state index contributed by atoms with van der Waals surface area (Å²) < 4.78 is 0. The molecule has 0 spiro atoms. The maximum atomic E-state index is 5.70. The number of nitrogens with one attached hydrogen (secondary N) is 1. The van der Waals surface area contributed by atoms with Crippen molar-refractivity contribution in [3.05, 3.63) is 34.4 Å². The molecule has 0 radical (unpaired) electrons. The van der Waals surface area contributed by atoms with E-state index in [1.54, 1.807) is 0 Å². The Morgan fingerprint density at radius 1 is 1.18 bits per heavy atom. The van der Waals surface area contributed by atoms with Gasteiger partial charge in [0.1, 0.15) is 0 Å². The molecule has 1 aromatic rings. The number of nitrogens with two attached hydrogens (primary N) is 1. The van der Waals surface area contributed by atoms with Crippen LogP contribution in [0.25, 0.3) is 0 Å². The standard InChI is InChI=1S/C15H26N2/c1-5-14(8-16)9-17-10-15-7-6-11(2)12(3)13(15)4/h6-7,14,17H,5,8-10,16H2,1-4H3. The van der Waals surface area contributed by atoms with Gasteiger partial charge in [-0.05, 0) is 62.0 Å². The zero-order valence-electron chi connectivity index (χ0n) is 11.6. The van der Waals surface area contributed by atoms with Crippen molar-refractivity contribution in [3.8, 4) is 0 Å². The van der Waals surface area contributed by atoms with Gasteiger partial charge in [0.25, 0.3) is 0 Å². The fourth-order valence-electron chi connectivity index (χ4n) is 2.01. The van der Waals surface area contributed by atoms with E-state index in [9.17, 15) is 0 Å². The summed E-state index contributed by atoms with van der Waals surface area (Å²) in [7, 11) is 0. The van der Waals surface area contributed by atoms with E-state index in [0.717, 1.165) is 26.1 Å². The minimum Gasteiger partial charge on any atom is -0.330 e. The molecule has 0 amide bonds. The predicted molar refractivity (Wildman–Crippen MR) is 75.2 cm³/mol. The van der Waals surface area contributed by atoms with Gasteiger partial charge >= 0.3 is 0 Å². The van der Waals surface area contributed by atoms with Gasteiger partial charge in [-0.1, -0.05) is 25.5 Å². The summed E-state index contributed by atoms with van der Waals surface area (Å²) in [5.41, 5.74) is 11.3. The molecule has 0 aromatic heterocycles. The third-order valence-electron chi connectivity index (χ3n) is 3.83. The van der Waals surface area contributed by atoms with Crippen LogP contribution in [0.3, 0.4) is 0 Å². The summed E-state index contributed by atoms with van der Waals surface area (Å²) in [4.78, 5) is 0. The van der Waals surface area contributed by atoms with Crippen molar-refractivity contribution in [2.75, 3.05) is 13.1 Å². The van der Waals surface area contributed by atoms with E-state index >= 15 is 0 Å². The Kier molecular flexibility index (Phi) is 5.66. The zero-order chi connectivity index (χ0) is 12.8. The SMILES string of the molecule is CCC(CN)CNCc1ccc(C)c(C)c1C.